The van der Waals surface area contributed by atoms with E-state index in [0.29, 0.717) is 5.56 Å². The van der Waals surface area contributed by atoms with E-state index in [1.165, 1.54) is 0 Å². The summed E-state index contributed by atoms with van der Waals surface area (Å²) in [5, 5.41) is 0. The molecule has 1 aromatic carbocycles. The maximum absolute atomic E-state index is 13.8. The van der Waals surface area contributed by atoms with Crippen molar-refractivity contribution in [1.29, 1.82) is 0 Å². The molecule has 0 spiro atoms. The van der Waals surface area contributed by atoms with Crippen molar-refractivity contribution in [2.45, 2.75) is 26.2 Å². The van der Waals surface area contributed by atoms with Crippen LogP contribution in [0.4, 0.5) is 15.9 Å². The Hall–Kier alpha value is -1.49. The third-order valence-electron chi connectivity index (χ3n) is 3.64. The molecule has 0 bridgehead atoms. The number of rotatable bonds is 1. The number of benzene rings is 1. The van der Waals surface area contributed by atoms with Gasteiger partial charge < -0.3 is 4.90 Å². The van der Waals surface area contributed by atoms with Gasteiger partial charge in [0.25, 0.3) is 0 Å². The number of hydrogen-bond donors (Lipinski definition) is 0. The van der Waals surface area contributed by atoms with Crippen LogP contribution in [0.3, 0.4) is 0 Å². The van der Waals surface area contributed by atoms with Crippen LogP contribution in [0, 0.1) is 12.7 Å². The first-order valence-electron chi connectivity index (χ1n) is 6.45. The second-order valence-corrected chi connectivity index (χ2v) is 6.58. The average molecular weight is 336 g/mol. The van der Waals surface area contributed by atoms with E-state index < -0.39 is 0 Å². The van der Waals surface area contributed by atoms with Gasteiger partial charge in [0.05, 0.1) is 11.9 Å². The summed E-state index contributed by atoms with van der Waals surface area (Å²) >= 11 is 3.36. The quantitative estimate of drug-likeness (QED) is 0.785. The van der Waals surface area contributed by atoms with E-state index in [2.05, 4.69) is 39.7 Å². The molecule has 0 aliphatic carbocycles. The topological polar surface area (TPSA) is 29.0 Å². The highest BCUT2D eigenvalue weighted by atomic mass is 79.9. The Morgan fingerprint density at radius 3 is 2.80 bits per heavy atom. The number of halogens is 2. The van der Waals surface area contributed by atoms with E-state index in [4.69, 9.17) is 0 Å². The van der Waals surface area contributed by atoms with Crippen molar-refractivity contribution in [3.05, 3.63) is 46.1 Å². The highest BCUT2D eigenvalue weighted by molar-refractivity contribution is 9.10. The fourth-order valence-corrected chi connectivity index (χ4v) is 2.80. The number of fused-ring (bicyclic) bond motifs is 1. The molecule has 0 N–H and O–H groups in total. The van der Waals surface area contributed by atoms with Crippen LogP contribution in [0.2, 0.25) is 0 Å². The largest absolute Gasteiger partial charge is 0.324 e. The third kappa shape index (κ3) is 2.10. The first-order chi connectivity index (χ1) is 9.38. The van der Waals surface area contributed by atoms with Crippen LogP contribution in [0.25, 0.3) is 0 Å². The standard InChI is InChI=1S/C15H15BrFN3/c1-9-4-5-10(6-11(9)17)20-8-15(2,3)13-14(20)18-7-12(16)19-13/h4-7H,8H2,1-3H3. The van der Waals surface area contributed by atoms with Gasteiger partial charge in [-0.15, -0.1) is 0 Å². The van der Waals surface area contributed by atoms with Crippen LogP contribution in [-0.2, 0) is 5.41 Å². The highest BCUT2D eigenvalue weighted by Gasteiger charge is 2.38. The Kier molecular flexibility index (Phi) is 3.05. The maximum Gasteiger partial charge on any atom is 0.155 e. The molecule has 0 atom stereocenters. The molecule has 2 heterocycles. The van der Waals surface area contributed by atoms with Gasteiger partial charge in [-0.3, -0.25) is 0 Å². The summed E-state index contributed by atoms with van der Waals surface area (Å²) in [5.74, 6) is 0.611. The van der Waals surface area contributed by atoms with Crippen LogP contribution in [0.5, 0.6) is 0 Å². The Bertz CT molecular complexity index is 685. The van der Waals surface area contributed by atoms with Gasteiger partial charge in [0, 0.05) is 17.6 Å². The van der Waals surface area contributed by atoms with Crippen molar-refractivity contribution in [2.24, 2.45) is 0 Å². The molecular formula is C15H15BrFN3. The number of aromatic nitrogens is 2. The molecule has 0 saturated carbocycles. The maximum atomic E-state index is 13.8. The van der Waals surface area contributed by atoms with Crippen molar-refractivity contribution in [3.63, 3.8) is 0 Å². The van der Waals surface area contributed by atoms with Gasteiger partial charge in [-0.1, -0.05) is 19.9 Å². The molecule has 1 aliphatic rings. The van der Waals surface area contributed by atoms with Crippen molar-refractivity contribution in [3.8, 4) is 0 Å². The van der Waals surface area contributed by atoms with Crippen LogP contribution >= 0.6 is 15.9 Å². The minimum atomic E-state index is -0.196. The Morgan fingerprint density at radius 2 is 2.10 bits per heavy atom. The van der Waals surface area contributed by atoms with Crippen molar-refractivity contribution < 1.29 is 4.39 Å². The second-order valence-electron chi connectivity index (χ2n) is 5.77. The lowest BCUT2D eigenvalue weighted by molar-refractivity contribution is 0.552. The predicted octanol–water partition coefficient (Wildman–Crippen LogP) is 4.12. The zero-order chi connectivity index (χ0) is 14.5. The summed E-state index contributed by atoms with van der Waals surface area (Å²) in [7, 11) is 0. The number of anilines is 2. The fraction of sp³-hybridized carbons (Fsp3) is 0.333. The number of aryl methyl sites for hydroxylation is 1. The monoisotopic (exact) mass is 335 g/mol. The average Bonchev–Trinajstić information content (AvgIpc) is 2.65. The van der Waals surface area contributed by atoms with E-state index in [1.54, 1.807) is 25.3 Å². The molecule has 2 aromatic rings. The molecule has 3 rings (SSSR count). The van der Waals surface area contributed by atoms with E-state index in [9.17, 15) is 4.39 Å². The van der Waals surface area contributed by atoms with Crippen LogP contribution < -0.4 is 4.90 Å². The smallest absolute Gasteiger partial charge is 0.155 e. The van der Waals surface area contributed by atoms with Crippen molar-refractivity contribution in [2.75, 3.05) is 11.4 Å². The summed E-state index contributed by atoms with van der Waals surface area (Å²) in [5.41, 5.74) is 2.28. The third-order valence-corrected chi connectivity index (χ3v) is 4.02. The summed E-state index contributed by atoms with van der Waals surface area (Å²) in [6.45, 7) is 6.74. The lowest BCUT2D eigenvalue weighted by Crippen LogP contribution is -2.25. The van der Waals surface area contributed by atoms with E-state index in [0.717, 1.165) is 28.3 Å². The van der Waals surface area contributed by atoms with Crippen LogP contribution in [0.15, 0.2) is 29.0 Å². The zero-order valence-electron chi connectivity index (χ0n) is 11.6. The van der Waals surface area contributed by atoms with Crippen molar-refractivity contribution in [1.82, 2.24) is 9.97 Å². The molecule has 3 nitrogen and oxygen atoms in total. The van der Waals surface area contributed by atoms with E-state index in [-0.39, 0.29) is 11.2 Å². The molecule has 5 heteroatoms. The summed E-state index contributed by atoms with van der Waals surface area (Å²) in [6, 6.07) is 5.28. The minimum absolute atomic E-state index is 0.118. The van der Waals surface area contributed by atoms with E-state index in [1.807, 2.05) is 11.0 Å². The van der Waals surface area contributed by atoms with Gasteiger partial charge in [-0.25, -0.2) is 14.4 Å². The van der Waals surface area contributed by atoms with Gasteiger partial charge >= 0.3 is 0 Å². The molecule has 20 heavy (non-hydrogen) atoms. The second kappa shape index (κ2) is 4.52. The normalized spacial score (nSPS) is 16.4. The molecule has 0 saturated heterocycles. The first kappa shape index (κ1) is 13.5. The SMILES string of the molecule is Cc1ccc(N2CC(C)(C)c3nc(Br)cnc32)cc1F. The molecule has 0 amide bonds. The summed E-state index contributed by atoms with van der Waals surface area (Å²) in [6.07, 6.45) is 1.68. The summed E-state index contributed by atoms with van der Waals surface area (Å²) in [4.78, 5) is 11.0. The number of nitrogens with zero attached hydrogens (tertiary/aromatic N) is 3. The lowest BCUT2D eigenvalue weighted by Gasteiger charge is -2.21. The Balaban J connectivity index is 2.12. The van der Waals surface area contributed by atoms with Gasteiger partial charge in [0.15, 0.2) is 5.82 Å². The Morgan fingerprint density at radius 1 is 1.35 bits per heavy atom. The number of hydrogen-bond acceptors (Lipinski definition) is 3. The molecule has 104 valence electrons. The molecule has 0 unspecified atom stereocenters. The summed E-state index contributed by atoms with van der Waals surface area (Å²) < 4.78 is 14.5. The molecule has 0 radical (unpaired) electrons. The van der Waals surface area contributed by atoms with Gasteiger partial charge in [-0.05, 0) is 40.5 Å². The first-order valence-corrected chi connectivity index (χ1v) is 7.24. The molecule has 1 aromatic heterocycles. The molecule has 1 aliphatic heterocycles. The zero-order valence-corrected chi connectivity index (χ0v) is 13.2. The van der Waals surface area contributed by atoms with Gasteiger partial charge in [-0.2, -0.15) is 0 Å². The van der Waals surface area contributed by atoms with Gasteiger partial charge in [0.1, 0.15) is 10.4 Å². The Labute approximate surface area is 126 Å². The minimum Gasteiger partial charge on any atom is -0.324 e. The van der Waals surface area contributed by atoms with Crippen LogP contribution in [0.1, 0.15) is 25.1 Å². The molecular weight excluding hydrogens is 321 g/mol. The lowest BCUT2D eigenvalue weighted by atomic mass is 9.92. The predicted molar refractivity (Wildman–Crippen MR) is 80.9 cm³/mol. The van der Waals surface area contributed by atoms with E-state index >= 15 is 0 Å². The van der Waals surface area contributed by atoms with Gasteiger partial charge in [0.2, 0.25) is 0 Å². The fourth-order valence-electron chi connectivity index (χ4n) is 2.52. The van der Waals surface area contributed by atoms with Crippen LogP contribution in [-0.4, -0.2) is 16.5 Å². The van der Waals surface area contributed by atoms with Crippen molar-refractivity contribution >= 4 is 27.4 Å². The molecule has 0 fully saturated rings. The highest BCUT2D eigenvalue weighted by Crippen LogP contribution is 2.42.